The van der Waals surface area contributed by atoms with Gasteiger partial charge in [0.25, 0.3) is 0 Å². The van der Waals surface area contributed by atoms with Gasteiger partial charge in [-0.25, -0.2) is 0 Å². The van der Waals surface area contributed by atoms with Gasteiger partial charge in [0.1, 0.15) is 0 Å². The Morgan fingerprint density at radius 1 is 1.33 bits per heavy atom. The zero-order valence-corrected chi connectivity index (χ0v) is 11.1. The second kappa shape index (κ2) is 9.04. The maximum atomic E-state index is 11.3. The largest absolute Gasteiger partial charge is 0.465 e. The molecule has 4 heteroatoms. The lowest BCUT2D eigenvalue weighted by Crippen LogP contribution is -2.26. The number of esters is 1. The van der Waals surface area contributed by atoms with Crippen molar-refractivity contribution in [3.8, 4) is 0 Å². The van der Waals surface area contributed by atoms with Crippen LogP contribution in [-0.2, 0) is 9.53 Å². The molecule has 0 rings (SSSR count). The van der Waals surface area contributed by atoms with E-state index >= 15 is 0 Å². The van der Waals surface area contributed by atoms with Gasteiger partial charge in [0.05, 0.1) is 11.9 Å². The van der Waals surface area contributed by atoms with Crippen LogP contribution in [-0.4, -0.2) is 48.1 Å². The smallest absolute Gasteiger partial charge is 0.318 e. The summed E-state index contributed by atoms with van der Waals surface area (Å²) in [7, 11) is 0. The van der Waals surface area contributed by atoms with E-state index in [1.807, 2.05) is 13.8 Å². The molecule has 0 fully saturated rings. The van der Waals surface area contributed by atoms with Gasteiger partial charge in [0.2, 0.25) is 0 Å². The van der Waals surface area contributed by atoms with Gasteiger partial charge >= 0.3 is 5.97 Å². The first-order chi connectivity index (χ1) is 7.15. The number of nitrogens with zero attached hydrogens (tertiary/aromatic N) is 1. The zero-order chi connectivity index (χ0) is 11.7. The van der Waals surface area contributed by atoms with E-state index in [0.717, 1.165) is 25.4 Å². The number of carbonyl (C=O) groups is 1. The normalized spacial score (nSPS) is 12.9. The zero-order valence-electron chi connectivity index (χ0n) is 10.3. The number of hydrogen-bond donors (Lipinski definition) is 0. The van der Waals surface area contributed by atoms with Crippen molar-refractivity contribution < 1.29 is 9.53 Å². The van der Waals surface area contributed by atoms with Crippen molar-refractivity contribution >= 4 is 17.7 Å². The van der Waals surface area contributed by atoms with Crippen molar-refractivity contribution in [3.05, 3.63) is 0 Å². The van der Waals surface area contributed by atoms with E-state index in [1.165, 1.54) is 0 Å². The third kappa shape index (κ3) is 6.79. The van der Waals surface area contributed by atoms with Crippen LogP contribution in [0.1, 0.15) is 27.7 Å². The van der Waals surface area contributed by atoms with Gasteiger partial charge < -0.3 is 9.64 Å². The fourth-order valence-corrected chi connectivity index (χ4v) is 2.15. The van der Waals surface area contributed by atoms with Gasteiger partial charge in [0, 0.05) is 12.3 Å². The van der Waals surface area contributed by atoms with Crippen molar-refractivity contribution in [1.82, 2.24) is 4.90 Å². The van der Waals surface area contributed by atoms with E-state index in [0.29, 0.717) is 6.61 Å². The average Bonchev–Trinajstić information content (AvgIpc) is 2.24. The van der Waals surface area contributed by atoms with Crippen molar-refractivity contribution in [2.24, 2.45) is 0 Å². The summed E-state index contributed by atoms with van der Waals surface area (Å²) in [6.07, 6.45) is 0. The molecule has 3 nitrogen and oxygen atoms in total. The molecule has 1 atom stereocenters. The monoisotopic (exact) mass is 233 g/mol. The second-order valence-electron chi connectivity index (χ2n) is 3.29. The number of hydrogen-bond acceptors (Lipinski definition) is 4. The Balaban J connectivity index is 3.61. The van der Waals surface area contributed by atoms with E-state index in [1.54, 1.807) is 11.8 Å². The van der Waals surface area contributed by atoms with Gasteiger partial charge in [-0.3, -0.25) is 4.79 Å². The minimum Gasteiger partial charge on any atom is -0.465 e. The molecule has 0 amide bonds. The summed E-state index contributed by atoms with van der Waals surface area (Å²) in [6, 6.07) is 0. The van der Waals surface area contributed by atoms with E-state index in [9.17, 15) is 4.79 Å². The fraction of sp³-hybridized carbons (Fsp3) is 0.909. The van der Waals surface area contributed by atoms with E-state index in [2.05, 4.69) is 18.7 Å². The molecular formula is C11H23NO2S. The summed E-state index contributed by atoms with van der Waals surface area (Å²) in [5.41, 5.74) is 0. The maximum Gasteiger partial charge on any atom is 0.318 e. The minimum absolute atomic E-state index is 0.0412. The Bertz CT molecular complexity index is 172. The molecular weight excluding hydrogens is 210 g/mol. The molecule has 0 aromatic carbocycles. The van der Waals surface area contributed by atoms with Crippen molar-refractivity contribution in [2.75, 3.05) is 32.0 Å². The summed E-state index contributed by atoms with van der Waals surface area (Å²) in [6.45, 7) is 11.7. The Morgan fingerprint density at radius 2 is 1.93 bits per heavy atom. The molecule has 0 aromatic heterocycles. The van der Waals surface area contributed by atoms with Crippen LogP contribution in [0.15, 0.2) is 0 Å². The number of carbonyl (C=O) groups excluding carboxylic acids is 1. The lowest BCUT2D eigenvalue weighted by atomic mass is 10.5. The van der Waals surface area contributed by atoms with Crippen LogP contribution in [0.5, 0.6) is 0 Å². The highest BCUT2D eigenvalue weighted by Gasteiger charge is 2.14. The highest BCUT2D eigenvalue weighted by Crippen LogP contribution is 2.12. The number of thioether (sulfide) groups is 1. The molecule has 0 aliphatic rings. The van der Waals surface area contributed by atoms with Gasteiger partial charge in [-0.2, -0.15) is 0 Å². The number of rotatable bonds is 8. The summed E-state index contributed by atoms with van der Waals surface area (Å²) >= 11 is 1.67. The fourth-order valence-electron chi connectivity index (χ4n) is 1.23. The summed E-state index contributed by atoms with van der Waals surface area (Å²) in [5, 5.41) is -0.0412. The SMILES string of the molecule is CCOC(=O)C(C)SCCN(CC)CC. The summed E-state index contributed by atoms with van der Waals surface area (Å²) in [5.74, 6) is 0.892. The van der Waals surface area contributed by atoms with Crippen LogP contribution in [0, 0.1) is 0 Å². The molecule has 0 saturated carbocycles. The maximum absolute atomic E-state index is 11.3. The third-order valence-corrected chi connectivity index (χ3v) is 3.40. The molecule has 0 aromatic rings. The predicted molar refractivity (Wildman–Crippen MR) is 66.3 cm³/mol. The van der Waals surface area contributed by atoms with E-state index in [4.69, 9.17) is 4.74 Å². The van der Waals surface area contributed by atoms with Crippen LogP contribution < -0.4 is 0 Å². The standard InChI is InChI=1S/C11H23NO2S/c1-5-12(6-2)8-9-15-10(4)11(13)14-7-3/h10H,5-9H2,1-4H3. The molecule has 15 heavy (non-hydrogen) atoms. The topological polar surface area (TPSA) is 29.5 Å². The lowest BCUT2D eigenvalue weighted by Gasteiger charge is -2.18. The minimum atomic E-state index is -0.0953. The lowest BCUT2D eigenvalue weighted by molar-refractivity contribution is -0.142. The molecule has 0 aliphatic heterocycles. The highest BCUT2D eigenvalue weighted by molar-refractivity contribution is 8.00. The summed E-state index contributed by atoms with van der Waals surface area (Å²) < 4.78 is 4.94. The molecule has 0 bridgehead atoms. The van der Waals surface area contributed by atoms with Crippen LogP contribution in [0.25, 0.3) is 0 Å². The first-order valence-electron chi connectivity index (χ1n) is 5.66. The Labute approximate surface area is 97.5 Å². The quantitative estimate of drug-likeness (QED) is 0.600. The van der Waals surface area contributed by atoms with Crippen LogP contribution in [0.3, 0.4) is 0 Å². The predicted octanol–water partition coefficient (Wildman–Crippen LogP) is 2.01. The molecule has 0 aliphatic carbocycles. The van der Waals surface area contributed by atoms with E-state index < -0.39 is 0 Å². The second-order valence-corrected chi connectivity index (χ2v) is 4.74. The van der Waals surface area contributed by atoms with E-state index in [-0.39, 0.29) is 11.2 Å². The van der Waals surface area contributed by atoms with Gasteiger partial charge in [-0.05, 0) is 26.9 Å². The highest BCUT2D eigenvalue weighted by atomic mass is 32.2. The molecule has 1 unspecified atom stereocenters. The Hall–Kier alpha value is -0.220. The van der Waals surface area contributed by atoms with Gasteiger partial charge in [0.15, 0.2) is 0 Å². The first kappa shape index (κ1) is 14.8. The Morgan fingerprint density at radius 3 is 2.40 bits per heavy atom. The average molecular weight is 233 g/mol. The van der Waals surface area contributed by atoms with Crippen LogP contribution in [0.4, 0.5) is 0 Å². The van der Waals surface area contributed by atoms with Crippen molar-refractivity contribution in [1.29, 1.82) is 0 Å². The molecule has 0 radical (unpaired) electrons. The van der Waals surface area contributed by atoms with Crippen LogP contribution >= 0.6 is 11.8 Å². The molecule has 0 N–H and O–H groups in total. The third-order valence-electron chi connectivity index (χ3n) is 2.29. The van der Waals surface area contributed by atoms with Crippen LogP contribution in [0.2, 0.25) is 0 Å². The first-order valence-corrected chi connectivity index (χ1v) is 6.71. The van der Waals surface area contributed by atoms with Gasteiger partial charge in [-0.1, -0.05) is 13.8 Å². The van der Waals surface area contributed by atoms with Crippen molar-refractivity contribution in [2.45, 2.75) is 32.9 Å². The number of ether oxygens (including phenoxy) is 1. The molecule has 0 heterocycles. The van der Waals surface area contributed by atoms with Crippen molar-refractivity contribution in [3.63, 3.8) is 0 Å². The Kier molecular flexibility index (Phi) is 8.91. The molecule has 0 spiro atoms. The molecule has 0 saturated heterocycles. The summed E-state index contributed by atoms with van der Waals surface area (Å²) in [4.78, 5) is 13.7. The van der Waals surface area contributed by atoms with Gasteiger partial charge in [-0.15, -0.1) is 11.8 Å². The molecule has 90 valence electrons.